The normalized spacial score (nSPS) is 19.3. The second kappa shape index (κ2) is 8.65. The van der Waals surface area contributed by atoms with E-state index in [0.717, 1.165) is 47.7 Å². The van der Waals surface area contributed by atoms with Crippen molar-refractivity contribution in [2.45, 2.75) is 42.7 Å². The van der Waals surface area contributed by atoms with Gasteiger partial charge in [-0.05, 0) is 62.1 Å². The van der Waals surface area contributed by atoms with E-state index in [1.165, 1.54) is 0 Å². The van der Waals surface area contributed by atoms with Crippen molar-refractivity contribution in [3.8, 4) is 0 Å². The number of pyridine rings is 2. The van der Waals surface area contributed by atoms with Gasteiger partial charge in [0.1, 0.15) is 4.90 Å². The van der Waals surface area contributed by atoms with Gasteiger partial charge in [-0.3, -0.25) is 9.97 Å². The van der Waals surface area contributed by atoms with Gasteiger partial charge in [-0.15, -0.1) is 0 Å². The van der Waals surface area contributed by atoms with Crippen molar-refractivity contribution < 1.29 is 8.42 Å². The summed E-state index contributed by atoms with van der Waals surface area (Å²) in [6, 6.07) is 16.8. The molecule has 2 aromatic heterocycles. The zero-order chi connectivity index (χ0) is 22.1. The van der Waals surface area contributed by atoms with Gasteiger partial charge in [0.25, 0.3) is 0 Å². The molecule has 0 radical (unpaired) electrons. The highest BCUT2D eigenvalue weighted by molar-refractivity contribution is 7.89. The van der Waals surface area contributed by atoms with Gasteiger partial charge in [0, 0.05) is 46.0 Å². The Hall–Kier alpha value is -2.74. The molecule has 0 spiro atoms. The molecule has 1 aliphatic rings. The lowest BCUT2D eigenvalue weighted by atomic mass is 9.91. The first kappa shape index (κ1) is 21.1. The van der Waals surface area contributed by atoms with E-state index in [4.69, 9.17) is 11.6 Å². The number of halogens is 1. The molecule has 2 aromatic carbocycles. The first-order valence-electron chi connectivity index (χ1n) is 10.7. The van der Waals surface area contributed by atoms with Gasteiger partial charge in [-0.2, -0.15) is 0 Å². The van der Waals surface area contributed by atoms with Crippen LogP contribution >= 0.6 is 11.6 Å². The maximum atomic E-state index is 13.1. The second-order valence-electron chi connectivity index (χ2n) is 8.17. The molecule has 0 aliphatic heterocycles. The van der Waals surface area contributed by atoms with Crippen LogP contribution in [-0.4, -0.2) is 30.5 Å². The molecule has 0 unspecified atom stereocenters. The van der Waals surface area contributed by atoms with Crippen molar-refractivity contribution in [1.29, 1.82) is 0 Å². The van der Waals surface area contributed by atoms with Crippen LogP contribution in [0.25, 0.3) is 21.8 Å². The van der Waals surface area contributed by atoms with Gasteiger partial charge in [0.2, 0.25) is 10.0 Å². The molecule has 0 saturated heterocycles. The number of hydrogen-bond acceptors (Lipinski definition) is 5. The van der Waals surface area contributed by atoms with E-state index in [-0.39, 0.29) is 17.0 Å². The van der Waals surface area contributed by atoms with E-state index in [2.05, 4.69) is 20.0 Å². The summed E-state index contributed by atoms with van der Waals surface area (Å²) in [5.41, 5.74) is 2.38. The summed E-state index contributed by atoms with van der Waals surface area (Å²) < 4.78 is 29.1. The highest BCUT2D eigenvalue weighted by Crippen LogP contribution is 2.29. The van der Waals surface area contributed by atoms with E-state index in [1.807, 2.05) is 36.4 Å². The Morgan fingerprint density at radius 1 is 0.875 bits per heavy atom. The summed E-state index contributed by atoms with van der Waals surface area (Å²) in [5, 5.41) is 6.12. The summed E-state index contributed by atoms with van der Waals surface area (Å²) in [7, 11) is -3.65. The van der Waals surface area contributed by atoms with Gasteiger partial charge in [0.05, 0.1) is 11.0 Å². The molecule has 2 heterocycles. The number of sulfonamides is 1. The number of hydrogen-bond donors (Lipinski definition) is 2. The van der Waals surface area contributed by atoms with Crippen molar-refractivity contribution in [2.75, 3.05) is 5.32 Å². The van der Waals surface area contributed by atoms with E-state index >= 15 is 0 Å². The molecule has 1 fully saturated rings. The summed E-state index contributed by atoms with van der Waals surface area (Å²) >= 11 is 6.09. The zero-order valence-corrected chi connectivity index (χ0v) is 18.9. The number of nitrogens with zero attached hydrogens (tertiary/aromatic N) is 2. The van der Waals surface area contributed by atoms with Crippen molar-refractivity contribution in [3.05, 3.63) is 72.0 Å². The van der Waals surface area contributed by atoms with E-state index in [0.29, 0.717) is 10.5 Å². The predicted molar refractivity (Wildman–Crippen MR) is 128 cm³/mol. The number of aromatic nitrogens is 2. The molecule has 1 saturated carbocycles. The van der Waals surface area contributed by atoms with Crippen LogP contribution in [0.3, 0.4) is 0 Å². The molecular weight excluding hydrogens is 444 g/mol. The largest absolute Gasteiger partial charge is 0.382 e. The van der Waals surface area contributed by atoms with Gasteiger partial charge in [-0.25, -0.2) is 13.1 Å². The van der Waals surface area contributed by atoms with E-state index in [1.54, 1.807) is 30.6 Å². The fourth-order valence-electron chi connectivity index (χ4n) is 4.40. The summed E-state index contributed by atoms with van der Waals surface area (Å²) in [5.74, 6) is 0. The number of rotatable bonds is 5. The average molecular weight is 467 g/mol. The van der Waals surface area contributed by atoms with Crippen LogP contribution in [0.2, 0.25) is 5.02 Å². The van der Waals surface area contributed by atoms with Gasteiger partial charge >= 0.3 is 0 Å². The highest BCUT2D eigenvalue weighted by Gasteiger charge is 2.27. The fraction of sp³-hybridized carbons (Fsp3) is 0.250. The van der Waals surface area contributed by atoms with Crippen molar-refractivity contribution in [2.24, 2.45) is 0 Å². The maximum absolute atomic E-state index is 13.1. The topological polar surface area (TPSA) is 84.0 Å². The minimum Gasteiger partial charge on any atom is -0.382 e. The lowest BCUT2D eigenvalue weighted by Crippen LogP contribution is -2.40. The lowest BCUT2D eigenvalue weighted by Gasteiger charge is -2.30. The molecule has 0 atom stereocenters. The number of nitrogens with one attached hydrogen (secondary N) is 2. The van der Waals surface area contributed by atoms with Crippen LogP contribution in [0, 0.1) is 0 Å². The van der Waals surface area contributed by atoms with Gasteiger partial charge < -0.3 is 5.32 Å². The molecule has 0 amide bonds. The van der Waals surface area contributed by atoms with Crippen LogP contribution in [0.5, 0.6) is 0 Å². The quantitative estimate of drug-likeness (QED) is 0.425. The summed E-state index contributed by atoms with van der Waals surface area (Å²) in [6.07, 6.45) is 6.68. The number of para-hydroxylation sites is 1. The monoisotopic (exact) mass is 466 g/mol. The van der Waals surface area contributed by atoms with Crippen LogP contribution in [-0.2, 0) is 10.0 Å². The second-order valence-corrected chi connectivity index (χ2v) is 10.3. The standard InChI is InChI=1S/C24H23ClN4O2S/c25-17-6-11-20-21(12-14-26-22(20)15-17)28-18-7-9-19(10-8-18)29-32(30,31)23-5-1-3-16-4-2-13-27-24(16)23/h1-6,11-15,18-19,29H,7-10H2,(H,26,28)/t18-,19+. The molecule has 4 aromatic rings. The molecular formula is C24H23ClN4O2S. The molecule has 1 aliphatic carbocycles. The minimum absolute atomic E-state index is 0.0926. The van der Waals surface area contributed by atoms with Crippen LogP contribution in [0.1, 0.15) is 25.7 Å². The summed E-state index contributed by atoms with van der Waals surface area (Å²) in [6.45, 7) is 0. The zero-order valence-electron chi connectivity index (χ0n) is 17.3. The van der Waals surface area contributed by atoms with Crippen molar-refractivity contribution >= 4 is 49.1 Å². The first-order valence-corrected chi connectivity index (χ1v) is 12.5. The van der Waals surface area contributed by atoms with Gasteiger partial charge in [-0.1, -0.05) is 29.8 Å². The number of anilines is 1. The van der Waals surface area contributed by atoms with Crippen LogP contribution < -0.4 is 10.0 Å². The Bertz CT molecular complexity index is 1380. The molecule has 6 nitrogen and oxygen atoms in total. The van der Waals surface area contributed by atoms with Crippen molar-refractivity contribution in [1.82, 2.24) is 14.7 Å². The van der Waals surface area contributed by atoms with Crippen molar-refractivity contribution in [3.63, 3.8) is 0 Å². The van der Waals surface area contributed by atoms with E-state index < -0.39 is 10.0 Å². The average Bonchev–Trinajstić information content (AvgIpc) is 2.80. The first-order chi connectivity index (χ1) is 15.5. The number of benzene rings is 2. The van der Waals surface area contributed by atoms with Crippen LogP contribution in [0.15, 0.2) is 71.9 Å². The Morgan fingerprint density at radius 2 is 1.66 bits per heavy atom. The third-order valence-corrected chi connectivity index (χ3v) is 7.79. The molecule has 2 N–H and O–H groups in total. The summed E-state index contributed by atoms with van der Waals surface area (Å²) in [4.78, 5) is 8.91. The SMILES string of the molecule is O=S(=O)(N[C@H]1CC[C@@H](Nc2ccnc3cc(Cl)ccc23)CC1)c1cccc2cccnc12. The van der Waals surface area contributed by atoms with E-state index in [9.17, 15) is 8.42 Å². The lowest BCUT2D eigenvalue weighted by molar-refractivity contribution is 0.387. The molecule has 32 heavy (non-hydrogen) atoms. The highest BCUT2D eigenvalue weighted by atomic mass is 35.5. The Kier molecular flexibility index (Phi) is 5.71. The third-order valence-electron chi connectivity index (χ3n) is 6.00. The smallest absolute Gasteiger partial charge is 0.242 e. The van der Waals surface area contributed by atoms with Crippen LogP contribution in [0.4, 0.5) is 5.69 Å². The third kappa shape index (κ3) is 4.28. The maximum Gasteiger partial charge on any atom is 0.242 e. The minimum atomic E-state index is -3.65. The Morgan fingerprint density at radius 3 is 2.50 bits per heavy atom. The fourth-order valence-corrected chi connectivity index (χ4v) is 6.05. The molecule has 164 valence electrons. The Labute approximate surface area is 192 Å². The molecule has 5 rings (SSSR count). The Balaban J connectivity index is 1.26. The molecule has 8 heteroatoms. The van der Waals surface area contributed by atoms with Gasteiger partial charge in [0.15, 0.2) is 0 Å². The number of fused-ring (bicyclic) bond motifs is 2. The predicted octanol–water partition coefficient (Wildman–Crippen LogP) is 5.14. The molecule has 0 bridgehead atoms.